The first-order chi connectivity index (χ1) is 6.33. The molecule has 0 amide bonds. The quantitative estimate of drug-likeness (QED) is 0.618. The number of nitrogens with zero attached hydrogens (tertiary/aromatic N) is 2. The zero-order chi connectivity index (χ0) is 9.26. The van der Waals surface area contributed by atoms with Gasteiger partial charge in [-0.15, -0.1) is 0 Å². The summed E-state index contributed by atoms with van der Waals surface area (Å²) >= 11 is 0. The van der Waals surface area contributed by atoms with E-state index in [4.69, 9.17) is 0 Å². The van der Waals surface area contributed by atoms with Gasteiger partial charge >= 0.3 is 6.09 Å². The van der Waals surface area contributed by atoms with Gasteiger partial charge in [0.1, 0.15) is 0 Å². The van der Waals surface area contributed by atoms with E-state index in [1.54, 1.807) is 6.20 Å². The number of hydrogen-bond acceptors (Lipinski definition) is 4. The van der Waals surface area contributed by atoms with Crippen molar-refractivity contribution in [3.05, 3.63) is 17.5 Å². The lowest BCUT2D eigenvalue weighted by Gasteiger charge is -2.13. The summed E-state index contributed by atoms with van der Waals surface area (Å²) in [5, 5.41) is 7.18. The van der Waals surface area contributed by atoms with Gasteiger partial charge in [-0.05, 0) is 0 Å². The van der Waals surface area contributed by atoms with Crippen LogP contribution in [0.3, 0.4) is 0 Å². The lowest BCUT2D eigenvalue weighted by Crippen LogP contribution is -2.26. The third kappa shape index (κ3) is 1.31. The Morgan fingerprint density at radius 1 is 1.77 bits per heavy atom. The highest BCUT2D eigenvalue weighted by atomic mass is 16.5. The molecule has 0 aromatic carbocycles. The molecule has 0 aliphatic carbocycles. The average Bonchev–Trinajstić information content (AvgIpc) is 2.60. The molecular formula is C8H11N3O2. The molecule has 0 spiro atoms. The molecule has 2 rings (SSSR count). The Labute approximate surface area is 75.7 Å². The maximum Gasteiger partial charge on any atom is 0.434 e. The highest BCUT2D eigenvalue weighted by Gasteiger charge is 2.18. The summed E-state index contributed by atoms with van der Waals surface area (Å²) in [5.74, 6) is 0. The van der Waals surface area contributed by atoms with Gasteiger partial charge in [-0.1, -0.05) is 0 Å². The lowest BCUT2D eigenvalue weighted by atomic mass is 10.1. The molecule has 13 heavy (non-hydrogen) atoms. The molecule has 1 aromatic rings. The predicted octanol–water partition coefficient (Wildman–Crippen LogP) is 0.143. The van der Waals surface area contributed by atoms with E-state index in [0.717, 1.165) is 30.8 Å². The van der Waals surface area contributed by atoms with Crippen molar-refractivity contribution in [1.29, 1.82) is 0 Å². The van der Waals surface area contributed by atoms with E-state index in [9.17, 15) is 4.79 Å². The van der Waals surface area contributed by atoms with Gasteiger partial charge in [0.15, 0.2) is 0 Å². The molecule has 0 bridgehead atoms. The summed E-state index contributed by atoms with van der Waals surface area (Å²) in [6, 6.07) is 0. The Kier molecular flexibility index (Phi) is 2.02. The summed E-state index contributed by atoms with van der Waals surface area (Å²) in [6.07, 6.45) is 2.12. The second kappa shape index (κ2) is 3.18. The minimum atomic E-state index is -0.414. The van der Waals surface area contributed by atoms with Crippen LogP contribution in [0.25, 0.3) is 0 Å². The monoisotopic (exact) mass is 181 g/mol. The summed E-state index contributed by atoms with van der Waals surface area (Å²) in [7, 11) is 1.36. The average molecular weight is 181 g/mol. The second-order valence-corrected chi connectivity index (χ2v) is 2.93. The van der Waals surface area contributed by atoms with Crippen LogP contribution in [0.1, 0.15) is 11.3 Å². The third-order valence-corrected chi connectivity index (χ3v) is 2.16. The van der Waals surface area contributed by atoms with Crippen LogP contribution >= 0.6 is 0 Å². The topological polar surface area (TPSA) is 56.2 Å². The number of ether oxygens (including phenoxy) is 1. The van der Waals surface area contributed by atoms with Gasteiger partial charge in [0, 0.05) is 25.1 Å². The van der Waals surface area contributed by atoms with E-state index >= 15 is 0 Å². The van der Waals surface area contributed by atoms with Gasteiger partial charge in [0.2, 0.25) is 0 Å². The molecule has 5 heteroatoms. The summed E-state index contributed by atoms with van der Waals surface area (Å²) in [5.41, 5.74) is 2.04. The number of aromatic nitrogens is 2. The van der Waals surface area contributed by atoms with Crippen molar-refractivity contribution in [3.63, 3.8) is 0 Å². The van der Waals surface area contributed by atoms with Crippen LogP contribution in [-0.4, -0.2) is 29.5 Å². The normalized spacial score (nSPS) is 15.2. The second-order valence-electron chi connectivity index (χ2n) is 2.93. The highest BCUT2D eigenvalue weighted by molar-refractivity contribution is 5.70. The smallest absolute Gasteiger partial charge is 0.434 e. The Hall–Kier alpha value is -1.36. The number of rotatable bonds is 0. The van der Waals surface area contributed by atoms with E-state index in [2.05, 4.69) is 15.2 Å². The fourth-order valence-electron chi connectivity index (χ4n) is 1.50. The van der Waals surface area contributed by atoms with Gasteiger partial charge in [0.05, 0.1) is 19.0 Å². The zero-order valence-corrected chi connectivity index (χ0v) is 7.41. The summed E-state index contributed by atoms with van der Waals surface area (Å²) in [6.45, 7) is 1.67. The molecule has 0 radical (unpaired) electrons. The summed E-state index contributed by atoms with van der Waals surface area (Å²) < 4.78 is 5.93. The van der Waals surface area contributed by atoms with Crippen LogP contribution in [0.2, 0.25) is 0 Å². The van der Waals surface area contributed by atoms with Crippen LogP contribution in [0.4, 0.5) is 4.79 Å². The number of nitrogens with one attached hydrogen (secondary N) is 1. The number of carbonyl (C=O) groups excluding carboxylic acids is 1. The fraction of sp³-hybridized carbons (Fsp3) is 0.500. The van der Waals surface area contributed by atoms with Crippen molar-refractivity contribution in [2.75, 3.05) is 13.7 Å². The molecule has 1 aliphatic heterocycles. The van der Waals surface area contributed by atoms with E-state index in [-0.39, 0.29) is 0 Å². The van der Waals surface area contributed by atoms with Gasteiger partial charge in [-0.2, -0.15) is 9.78 Å². The molecule has 5 nitrogen and oxygen atoms in total. The number of methoxy groups -OCH3 is 1. The minimum absolute atomic E-state index is 0.414. The standard InChI is InChI=1S/C8H11N3O2/c1-13-8(12)11-7-2-3-9-4-6(7)5-10-11/h5,9H,2-4H2,1H3. The van der Waals surface area contributed by atoms with Gasteiger partial charge in [0.25, 0.3) is 0 Å². The van der Waals surface area contributed by atoms with Crippen molar-refractivity contribution in [1.82, 2.24) is 15.1 Å². The molecule has 0 fully saturated rings. The molecule has 2 heterocycles. The van der Waals surface area contributed by atoms with Crippen LogP contribution < -0.4 is 5.32 Å². The first kappa shape index (κ1) is 8.25. The summed E-state index contributed by atoms with van der Waals surface area (Å²) in [4.78, 5) is 11.2. The predicted molar refractivity (Wildman–Crippen MR) is 45.4 cm³/mol. The van der Waals surface area contributed by atoms with Crippen molar-refractivity contribution in [2.24, 2.45) is 0 Å². The van der Waals surface area contributed by atoms with E-state index in [1.165, 1.54) is 11.8 Å². The molecule has 1 aliphatic rings. The van der Waals surface area contributed by atoms with Crippen LogP contribution in [0.5, 0.6) is 0 Å². The molecule has 0 saturated carbocycles. The molecule has 70 valence electrons. The van der Waals surface area contributed by atoms with Crippen LogP contribution in [0.15, 0.2) is 6.20 Å². The Bertz CT molecular complexity index is 332. The first-order valence-corrected chi connectivity index (χ1v) is 4.17. The molecule has 1 aromatic heterocycles. The molecular weight excluding hydrogens is 170 g/mol. The van der Waals surface area contributed by atoms with Crippen molar-refractivity contribution >= 4 is 6.09 Å². The first-order valence-electron chi connectivity index (χ1n) is 4.17. The number of hydrogen-bond donors (Lipinski definition) is 1. The molecule has 0 saturated heterocycles. The van der Waals surface area contributed by atoms with Crippen molar-refractivity contribution in [3.8, 4) is 0 Å². The van der Waals surface area contributed by atoms with Crippen LogP contribution in [0, 0.1) is 0 Å². The minimum Gasteiger partial charge on any atom is -0.451 e. The largest absolute Gasteiger partial charge is 0.451 e. The number of fused-ring (bicyclic) bond motifs is 1. The number of carbonyl (C=O) groups is 1. The van der Waals surface area contributed by atoms with Crippen LogP contribution in [-0.2, 0) is 17.7 Å². The Balaban J connectivity index is 2.36. The molecule has 0 atom stereocenters. The van der Waals surface area contributed by atoms with E-state index in [0.29, 0.717) is 0 Å². The fourth-order valence-corrected chi connectivity index (χ4v) is 1.50. The Morgan fingerprint density at radius 2 is 2.62 bits per heavy atom. The van der Waals surface area contributed by atoms with Gasteiger partial charge in [-0.25, -0.2) is 4.79 Å². The lowest BCUT2D eigenvalue weighted by molar-refractivity contribution is 0.168. The highest BCUT2D eigenvalue weighted by Crippen LogP contribution is 2.12. The SMILES string of the molecule is COC(=O)n1ncc2c1CCNC2. The zero-order valence-electron chi connectivity index (χ0n) is 7.41. The molecule has 1 N–H and O–H groups in total. The molecule has 0 unspecified atom stereocenters. The third-order valence-electron chi connectivity index (χ3n) is 2.16. The van der Waals surface area contributed by atoms with E-state index < -0.39 is 6.09 Å². The maximum atomic E-state index is 11.2. The van der Waals surface area contributed by atoms with Gasteiger partial charge in [-0.3, -0.25) is 0 Å². The van der Waals surface area contributed by atoms with E-state index in [1.807, 2.05) is 0 Å². The van der Waals surface area contributed by atoms with Gasteiger partial charge < -0.3 is 10.1 Å². The Morgan fingerprint density at radius 3 is 3.38 bits per heavy atom. The van der Waals surface area contributed by atoms with Crippen molar-refractivity contribution in [2.45, 2.75) is 13.0 Å². The van der Waals surface area contributed by atoms with Crippen molar-refractivity contribution < 1.29 is 9.53 Å². The maximum absolute atomic E-state index is 11.2.